The summed E-state index contributed by atoms with van der Waals surface area (Å²) in [6.07, 6.45) is 4.78. The van der Waals surface area contributed by atoms with E-state index in [0.29, 0.717) is 5.69 Å². The minimum atomic E-state index is -4.14. The summed E-state index contributed by atoms with van der Waals surface area (Å²) in [6.45, 7) is 0. The van der Waals surface area contributed by atoms with Gasteiger partial charge in [0.1, 0.15) is 19.6 Å². The standard InChI is InChI=1S/C13H18ClN3O4S2.C6H8ClN3O4S2/c14-9-6-10-12(7-11(9)22(15,18)19)23(20,21)17-13(16-10)8-4-2-1-3-5-8;7-3-1-4(8)6(16(10,13)14)2-5(3)15(9,11)12/h6-8,13,16-17H,1-5H2,(H2,15,18,19);1-2H,8H2,(H2,9,11,12)(H2,10,13,14). The third kappa shape index (κ3) is 7.51. The van der Waals surface area contributed by atoms with Gasteiger partial charge in [0, 0.05) is 0 Å². The zero-order valence-corrected chi connectivity index (χ0v) is 24.7. The first kappa shape index (κ1) is 31.8. The number of sulfonamides is 4. The van der Waals surface area contributed by atoms with Crippen molar-refractivity contribution in [3.63, 3.8) is 0 Å². The van der Waals surface area contributed by atoms with Gasteiger partial charge in [-0.3, -0.25) is 0 Å². The minimum Gasteiger partial charge on any atom is -0.398 e. The molecule has 0 bridgehead atoms. The molecule has 218 valence electrons. The van der Waals surface area contributed by atoms with Crippen LogP contribution in [0.25, 0.3) is 0 Å². The fourth-order valence-electron chi connectivity index (χ4n) is 4.21. The summed E-state index contributed by atoms with van der Waals surface area (Å²) >= 11 is 11.5. The van der Waals surface area contributed by atoms with Gasteiger partial charge in [0.15, 0.2) is 0 Å². The highest BCUT2D eigenvalue weighted by atomic mass is 35.5. The molecule has 2 aromatic rings. The molecule has 39 heavy (non-hydrogen) atoms. The van der Waals surface area contributed by atoms with Crippen molar-refractivity contribution in [3.05, 3.63) is 34.3 Å². The SMILES string of the molecule is NS(=O)(=O)c1cc2c(cc1Cl)NC(C1CCCCC1)NS2(=O)=O.Nc1cc(Cl)c(S(N)(=O)=O)cc1S(N)(=O)=O. The molecule has 0 spiro atoms. The van der Waals surface area contributed by atoms with Gasteiger partial charge in [-0.1, -0.05) is 42.5 Å². The van der Waals surface area contributed by atoms with E-state index in [1.54, 1.807) is 0 Å². The molecule has 2 aromatic carbocycles. The van der Waals surface area contributed by atoms with Crippen LogP contribution in [-0.4, -0.2) is 39.8 Å². The maximum absolute atomic E-state index is 12.5. The Labute approximate surface area is 236 Å². The van der Waals surface area contributed by atoms with Crippen molar-refractivity contribution < 1.29 is 33.7 Å². The first-order valence-electron chi connectivity index (χ1n) is 11.0. The number of primary sulfonamides is 3. The molecule has 0 amide bonds. The molecule has 1 unspecified atom stereocenters. The summed E-state index contributed by atoms with van der Waals surface area (Å²) in [7, 11) is -16.2. The number of hydrogen-bond acceptors (Lipinski definition) is 10. The van der Waals surface area contributed by atoms with E-state index in [-0.39, 0.29) is 26.5 Å². The Bertz CT molecular complexity index is 1670. The lowest BCUT2D eigenvalue weighted by Crippen LogP contribution is -2.49. The molecule has 20 heteroatoms. The highest BCUT2D eigenvalue weighted by molar-refractivity contribution is 7.90. The molecule has 1 fully saturated rings. The molecule has 1 heterocycles. The van der Waals surface area contributed by atoms with Gasteiger partial charge in [-0.2, -0.15) is 4.72 Å². The molecule has 4 rings (SSSR count). The number of anilines is 2. The van der Waals surface area contributed by atoms with Crippen molar-refractivity contribution in [1.29, 1.82) is 0 Å². The van der Waals surface area contributed by atoms with Crippen molar-refractivity contribution in [2.45, 2.75) is 57.9 Å². The number of halogens is 2. The molecule has 1 aliphatic heterocycles. The lowest BCUT2D eigenvalue weighted by molar-refractivity contribution is 0.306. The smallest absolute Gasteiger partial charge is 0.244 e. The number of nitrogen functional groups attached to an aromatic ring is 1. The van der Waals surface area contributed by atoms with Crippen molar-refractivity contribution in [2.75, 3.05) is 11.1 Å². The maximum Gasteiger partial charge on any atom is 0.244 e. The van der Waals surface area contributed by atoms with E-state index in [9.17, 15) is 33.7 Å². The molecule has 1 aliphatic carbocycles. The van der Waals surface area contributed by atoms with Gasteiger partial charge in [0.25, 0.3) is 0 Å². The van der Waals surface area contributed by atoms with Crippen LogP contribution in [0, 0.1) is 5.92 Å². The van der Waals surface area contributed by atoms with E-state index in [1.165, 1.54) is 6.07 Å². The van der Waals surface area contributed by atoms with Gasteiger partial charge in [-0.15, -0.1) is 0 Å². The van der Waals surface area contributed by atoms with Crippen molar-refractivity contribution in [2.24, 2.45) is 21.3 Å². The summed E-state index contributed by atoms with van der Waals surface area (Å²) in [5.74, 6) is 0.198. The number of rotatable bonds is 4. The normalized spacial score (nSPS) is 19.8. The van der Waals surface area contributed by atoms with Crippen LogP contribution >= 0.6 is 23.2 Å². The fourth-order valence-corrected chi connectivity index (χ4v) is 8.63. The Morgan fingerprint density at radius 2 is 1.23 bits per heavy atom. The molecule has 0 saturated heterocycles. The molecule has 0 aromatic heterocycles. The molecule has 14 nitrogen and oxygen atoms in total. The van der Waals surface area contributed by atoms with E-state index >= 15 is 0 Å². The summed E-state index contributed by atoms with van der Waals surface area (Å²) < 4.78 is 94.9. The average Bonchev–Trinajstić information content (AvgIpc) is 2.76. The van der Waals surface area contributed by atoms with Crippen LogP contribution < -0.4 is 31.2 Å². The van der Waals surface area contributed by atoms with E-state index in [2.05, 4.69) is 10.0 Å². The molecular formula is C19H26Cl2N6O8S4. The summed E-state index contributed by atoms with van der Waals surface area (Å²) in [5.41, 5.74) is 5.39. The number of nitrogens with two attached hydrogens (primary N) is 4. The largest absolute Gasteiger partial charge is 0.398 e. The third-order valence-electron chi connectivity index (χ3n) is 6.02. The topological polar surface area (TPSA) is 265 Å². The van der Waals surface area contributed by atoms with Crippen LogP contribution in [-0.2, 0) is 40.1 Å². The lowest BCUT2D eigenvalue weighted by Gasteiger charge is -2.35. The Morgan fingerprint density at radius 3 is 1.74 bits per heavy atom. The molecule has 0 radical (unpaired) electrons. The zero-order valence-electron chi connectivity index (χ0n) is 20.0. The van der Waals surface area contributed by atoms with Crippen molar-refractivity contribution in [3.8, 4) is 0 Å². The monoisotopic (exact) mass is 664 g/mol. The second kappa shape index (κ2) is 11.3. The van der Waals surface area contributed by atoms with E-state index in [0.717, 1.165) is 50.3 Å². The highest BCUT2D eigenvalue weighted by Gasteiger charge is 2.35. The summed E-state index contributed by atoms with van der Waals surface area (Å²) in [6, 6.07) is 3.99. The Morgan fingerprint density at radius 1 is 0.744 bits per heavy atom. The van der Waals surface area contributed by atoms with Gasteiger partial charge < -0.3 is 11.1 Å². The van der Waals surface area contributed by atoms with Crippen LogP contribution in [0.1, 0.15) is 32.1 Å². The highest BCUT2D eigenvalue weighted by Crippen LogP contribution is 2.37. The number of fused-ring (bicyclic) bond motifs is 1. The molecule has 10 N–H and O–H groups in total. The van der Waals surface area contributed by atoms with E-state index in [1.807, 2.05) is 0 Å². The van der Waals surface area contributed by atoms with E-state index < -0.39 is 60.9 Å². The van der Waals surface area contributed by atoms with Gasteiger partial charge >= 0.3 is 0 Å². The van der Waals surface area contributed by atoms with Crippen LogP contribution in [0.2, 0.25) is 10.0 Å². The predicted molar refractivity (Wildman–Crippen MR) is 146 cm³/mol. The summed E-state index contributed by atoms with van der Waals surface area (Å²) in [4.78, 5) is -1.65. The first-order valence-corrected chi connectivity index (χ1v) is 17.9. The van der Waals surface area contributed by atoms with Crippen molar-refractivity contribution >= 4 is 74.7 Å². The van der Waals surface area contributed by atoms with Crippen LogP contribution in [0.4, 0.5) is 11.4 Å². The molecular weight excluding hydrogens is 639 g/mol. The van der Waals surface area contributed by atoms with Crippen LogP contribution in [0.3, 0.4) is 0 Å². The molecule has 1 saturated carbocycles. The quantitative estimate of drug-likeness (QED) is 0.250. The lowest BCUT2D eigenvalue weighted by atomic mass is 9.87. The Hall–Kier alpha value is -1.74. The third-order valence-corrected chi connectivity index (χ3v) is 11.2. The maximum atomic E-state index is 12.5. The second-order valence-corrected chi connectivity index (χ2v) is 16.0. The fraction of sp³-hybridized carbons (Fsp3) is 0.368. The Balaban J connectivity index is 0.000000231. The number of nitrogens with one attached hydrogen (secondary N) is 2. The second-order valence-electron chi connectivity index (χ2n) is 8.88. The number of hydrogen-bond donors (Lipinski definition) is 6. The van der Waals surface area contributed by atoms with Gasteiger partial charge in [0.05, 0.1) is 27.6 Å². The molecule has 1 atom stereocenters. The van der Waals surface area contributed by atoms with Crippen molar-refractivity contribution in [1.82, 2.24) is 4.72 Å². The van der Waals surface area contributed by atoms with Crippen LogP contribution in [0.15, 0.2) is 43.8 Å². The minimum absolute atomic E-state index is 0.0988. The summed E-state index contributed by atoms with van der Waals surface area (Å²) in [5, 5.41) is 17.5. The van der Waals surface area contributed by atoms with Crippen LogP contribution in [0.5, 0.6) is 0 Å². The van der Waals surface area contributed by atoms with E-state index in [4.69, 9.17) is 44.4 Å². The zero-order chi connectivity index (χ0) is 29.6. The molecule has 2 aliphatic rings. The van der Waals surface area contributed by atoms with Gasteiger partial charge in [0.2, 0.25) is 40.1 Å². The number of benzene rings is 2. The predicted octanol–water partition coefficient (Wildman–Crippen LogP) is 0.815. The average molecular weight is 666 g/mol. The van der Waals surface area contributed by atoms with Gasteiger partial charge in [-0.25, -0.2) is 49.1 Å². The Kier molecular flexibility index (Phi) is 9.18. The van der Waals surface area contributed by atoms with Gasteiger partial charge in [-0.05, 0) is 43.0 Å². The first-order chi connectivity index (χ1) is 17.7.